The van der Waals surface area contributed by atoms with Crippen molar-refractivity contribution in [2.24, 2.45) is 0 Å². The van der Waals surface area contributed by atoms with E-state index in [-0.39, 0.29) is 18.4 Å². The predicted octanol–water partition coefficient (Wildman–Crippen LogP) is 1.98. The highest BCUT2D eigenvalue weighted by Crippen LogP contribution is 2.10. The summed E-state index contributed by atoms with van der Waals surface area (Å²) in [7, 11) is 0. The Morgan fingerprint density at radius 1 is 1.15 bits per heavy atom. The van der Waals surface area contributed by atoms with Crippen molar-refractivity contribution in [2.75, 3.05) is 6.54 Å². The third-order valence-electron chi connectivity index (χ3n) is 2.54. The number of benzene rings is 1. The summed E-state index contributed by atoms with van der Waals surface area (Å²) < 4.78 is 5.08. The van der Waals surface area contributed by atoms with E-state index in [9.17, 15) is 9.59 Å². The van der Waals surface area contributed by atoms with Gasteiger partial charge in [-0.05, 0) is 30.3 Å². The average Bonchev–Trinajstić information content (AvgIpc) is 2.95. The number of carbonyl (C=O) groups is 2. The lowest BCUT2D eigenvalue weighted by Crippen LogP contribution is -2.36. The van der Waals surface area contributed by atoms with Crippen LogP contribution in [0.5, 0.6) is 0 Å². The molecule has 6 heteroatoms. The normalized spacial score (nSPS) is 10.1. The fourth-order valence-corrected chi connectivity index (χ4v) is 1.74. The number of amides is 2. The first-order valence-corrected chi connectivity index (χ1v) is 6.36. The number of rotatable bonds is 5. The summed E-state index contributed by atoms with van der Waals surface area (Å²) in [6, 6.07) is 10.0. The average molecular weight is 293 g/mol. The van der Waals surface area contributed by atoms with Crippen LogP contribution in [0.1, 0.15) is 16.1 Å². The largest absolute Gasteiger partial charge is 0.467 e. The van der Waals surface area contributed by atoms with Gasteiger partial charge in [0.1, 0.15) is 5.76 Å². The van der Waals surface area contributed by atoms with Gasteiger partial charge in [0.15, 0.2) is 0 Å². The highest BCUT2D eigenvalue weighted by molar-refractivity contribution is 6.30. The van der Waals surface area contributed by atoms with Crippen molar-refractivity contribution >= 4 is 23.4 Å². The van der Waals surface area contributed by atoms with Crippen LogP contribution in [0.2, 0.25) is 5.02 Å². The van der Waals surface area contributed by atoms with Crippen LogP contribution in [-0.2, 0) is 11.3 Å². The molecule has 104 valence electrons. The number of hydrogen-bond donors (Lipinski definition) is 2. The molecular formula is C14H13ClN2O3. The molecule has 1 aromatic heterocycles. The molecule has 0 aliphatic carbocycles. The van der Waals surface area contributed by atoms with Crippen molar-refractivity contribution in [3.8, 4) is 0 Å². The van der Waals surface area contributed by atoms with E-state index < -0.39 is 0 Å². The molecule has 0 unspecified atom stereocenters. The van der Waals surface area contributed by atoms with Crippen LogP contribution < -0.4 is 10.6 Å². The Bertz CT molecular complexity index is 596. The second-order valence-electron chi connectivity index (χ2n) is 4.05. The maximum Gasteiger partial charge on any atom is 0.251 e. The summed E-state index contributed by atoms with van der Waals surface area (Å²) in [5.41, 5.74) is 0.413. The lowest BCUT2D eigenvalue weighted by Gasteiger charge is -2.06. The second kappa shape index (κ2) is 6.77. The number of carbonyl (C=O) groups excluding carboxylic acids is 2. The van der Waals surface area contributed by atoms with Crippen LogP contribution in [0.25, 0.3) is 0 Å². The predicted molar refractivity (Wildman–Crippen MR) is 74.3 cm³/mol. The van der Waals surface area contributed by atoms with Gasteiger partial charge in [-0.25, -0.2) is 0 Å². The smallest absolute Gasteiger partial charge is 0.251 e. The molecule has 0 saturated carbocycles. The molecule has 2 rings (SSSR count). The van der Waals surface area contributed by atoms with Gasteiger partial charge in [-0.15, -0.1) is 0 Å². The van der Waals surface area contributed by atoms with Crippen LogP contribution in [0, 0.1) is 0 Å². The summed E-state index contributed by atoms with van der Waals surface area (Å²) >= 11 is 5.79. The first-order chi connectivity index (χ1) is 9.65. The third-order valence-corrected chi connectivity index (χ3v) is 2.77. The Hall–Kier alpha value is -2.27. The van der Waals surface area contributed by atoms with Crippen molar-refractivity contribution in [2.45, 2.75) is 6.54 Å². The molecule has 0 radical (unpaired) electrons. The second-order valence-corrected chi connectivity index (χ2v) is 4.49. The Morgan fingerprint density at radius 3 is 2.70 bits per heavy atom. The van der Waals surface area contributed by atoms with E-state index in [4.69, 9.17) is 16.0 Å². The van der Waals surface area contributed by atoms with Gasteiger partial charge in [-0.1, -0.05) is 17.7 Å². The molecule has 0 atom stereocenters. The summed E-state index contributed by atoms with van der Waals surface area (Å²) in [6.07, 6.45) is 1.53. The number of hydrogen-bond acceptors (Lipinski definition) is 3. The van der Waals surface area contributed by atoms with Gasteiger partial charge in [0.2, 0.25) is 5.91 Å². The molecule has 5 nitrogen and oxygen atoms in total. The van der Waals surface area contributed by atoms with E-state index in [1.54, 1.807) is 30.3 Å². The lowest BCUT2D eigenvalue weighted by atomic mass is 10.2. The van der Waals surface area contributed by atoms with E-state index >= 15 is 0 Å². The maximum absolute atomic E-state index is 11.8. The molecule has 1 heterocycles. The summed E-state index contributed by atoms with van der Waals surface area (Å²) in [5.74, 6) is 0.0111. The standard InChI is InChI=1S/C14H13ClN2O3/c15-11-4-1-3-10(7-11)14(19)17-9-13(18)16-8-12-5-2-6-20-12/h1-7H,8-9H2,(H,16,18)(H,17,19). The Balaban J connectivity index is 1.77. The Kier molecular flexibility index (Phi) is 4.79. The van der Waals surface area contributed by atoms with Crippen LogP contribution in [0.4, 0.5) is 0 Å². The van der Waals surface area contributed by atoms with Gasteiger partial charge in [-0.2, -0.15) is 0 Å². The van der Waals surface area contributed by atoms with Gasteiger partial charge in [-0.3, -0.25) is 9.59 Å². The van der Waals surface area contributed by atoms with Crippen molar-refractivity contribution in [1.29, 1.82) is 0 Å². The summed E-state index contributed by atoms with van der Waals surface area (Å²) in [5, 5.41) is 5.62. The first-order valence-electron chi connectivity index (χ1n) is 5.98. The molecule has 2 amide bonds. The van der Waals surface area contributed by atoms with Gasteiger partial charge in [0.05, 0.1) is 19.4 Å². The van der Waals surface area contributed by atoms with Crippen molar-refractivity contribution in [1.82, 2.24) is 10.6 Å². The minimum Gasteiger partial charge on any atom is -0.467 e. The number of nitrogens with one attached hydrogen (secondary N) is 2. The van der Waals surface area contributed by atoms with Gasteiger partial charge in [0.25, 0.3) is 5.91 Å². The summed E-state index contributed by atoms with van der Waals surface area (Å²) in [6.45, 7) is 0.185. The van der Waals surface area contributed by atoms with E-state index in [2.05, 4.69) is 10.6 Å². The first kappa shape index (κ1) is 14.1. The van der Waals surface area contributed by atoms with E-state index in [0.29, 0.717) is 22.9 Å². The van der Waals surface area contributed by atoms with Crippen LogP contribution in [-0.4, -0.2) is 18.4 Å². The number of halogens is 1. The molecule has 0 saturated heterocycles. The fourth-order valence-electron chi connectivity index (χ4n) is 1.55. The third kappa shape index (κ3) is 4.13. The maximum atomic E-state index is 11.8. The zero-order valence-electron chi connectivity index (χ0n) is 10.6. The van der Waals surface area contributed by atoms with Crippen LogP contribution in [0.3, 0.4) is 0 Å². The molecule has 0 aliphatic rings. The molecule has 2 aromatic rings. The Labute approximate surface area is 120 Å². The van der Waals surface area contributed by atoms with E-state index in [0.717, 1.165) is 0 Å². The zero-order valence-corrected chi connectivity index (χ0v) is 11.3. The molecule has 2 N–H and O–H groups in total. The summed E-state index contributed by atoms with van der Waals surface area (Å²) in [4.78, 5) is 23.3. The number of furan rings is 1. The van der Waals surface area contributed by atoms with Crippen LogP contribution in [0.15, 0.2) is 47.1 Å². The molecule has 1 aromatic carbocycles. The molecule has 20 heavy (non-hydrogen) atoms. The van der Waals surface area contributed by atoms with E-state index in [1.165, 1.54) is 12.3 Å². The minimum atomic E-state index is -0.347. The monoisotopic (exact) mass is 292 g/mol. The zero-order chi connectivity index (χ0) is 14.4. The topological polar surface area (TPSA) is 71.3 Å². The highest BCUT2D eigenvalue weighted by atomic mass is 35.5. The molecule has 0 fully saturated rings. The molecule has 0 aliphatic heterocycles. The minimum absolute atomic E-state index is 0.105. The van der Waals surface area contributed by atoms with Crippen molar-refractivity contribution < 1.29 is 14.0 Å². The molecule has 0 spiro atoms. The van der Waals surface area contributed by atoms with Crippen molar-refractivity contribution in [3.63, 3.8) is 0 Å². The van der Waals surface area contributed by atoms with Crippen molar-refractivity contribution in [3.05, 3.63) is 59.0 Å². The highest BCUT2D eigenvalue weighted by Gasteiger charge is 2.08. The van der Waals surface area contributed by atoms with E-state index in [1.807, 2.05) is 0 Å². The van der Waals surface area contributed by atoms with Gasteiger partial charge >= 0.3 is 0 Å². The SMILES string of the molecule is O=C(CNC(=O)c1cccc(Cl)c1)NCc1ccco1. The Morgan fingerprint density at radius 2 is 2.00 bits per heavy atom. The molecular weight excluding hydrogens is 280 g/mol. The molecule has 0 bridgehead atoms. The quantitative estimate of drug-likeness (QED) is 0.885. The lowest BCUT2D eigenvalue weighted by molar-refractivity contribution is -0.120. The fraction of sp³-hybridized carbons (Fsp3) is 0.143. The van der Waals surface area contributed by atoms with Gasteiger partial charge < -0.3 is 15.1 Å². The van der Waals surface area contributed by atoms with Gasteiger partial charge in [0, 0.05) is 10.6 Å². The van der Waals surface area contributed by atoms with Crippen LogP contribution >= 0.6 is 11.6 Å².